The summed E-state index contributed by atoms with van der Waals surface area (Å²) in [6.07, 6.45) is 7.87. The lowest BCUT2D eigenvalue weighted by Gasteiger charge is -2.55. The Balaban J connectivity index is 1.16. The van der Waals surface area contributed by atoms with Crippen LogP contribution in [0.4, 0.5) is 0 Å². The van der Waals surface area contributed by atoms with Crippen molar-refractivity contribution in [1.29, 1.82) is 0 Å². The molecule has 2 saturated heterocycles. The molecule has 6 aliphatic rings. The Kier molecular flexibility index (Phi) is 4.43. The first-order valence-corrected chi connectivity index (χ1v) is 12.6. The number of rotatable bonds is 3. The highest BCUT2D eigenvalue weighted by atomic mass is 32.2. The second-order valence-electron chi connectivity index (χ2n) is 10.4. The van der Waals surface area contributed by atoms with E-state index in [-0.39, 0.29) is 23.1 Å². The van der Waals surface area contributed by atoms with Gasteiger partial charge in [0.2, 0.25) is 11.8 Å². The van der Waals surface area contributed by atoms with Crippen molar-refractivity contribution in [3.63, 3.8) is 0 Å². The number of amides is 3. The molecule has 6 nitrogen and oxygen atoms in total. The van der Waals surface area contributed by atoms with Gasteiger partial charge in [0.15, 0.2) is 0 Å². The molecule has 2 aliphatic heterocycles. The predicted molar refractivity (Wildman–Crippen MR) is 117 cm³/mol. The van der Waals surface area contributed by atoms with E-state index < -0.39 is 10.9 Å². The van der Waals surface area contributed by atoms with Crippen molar-refractivity contribution in [3.8, 4) is 0 Å². The van der Waals surface area contributed by atoms with Crippen LogP contribution in [0.5, 0.6) is 0 Å². The highest BCUT2D eigenvalue weighted by Gasteiger charge is 2.57. The largest absolute Gasteiger partial charge is 0.311 e. The van der Waals surface area contributed by atoms with Crippen LogP contribution in [0, 0.1) is 23.2 Å². The number of hydrazine groups is 1. The topological polar surface area (TPSA) is 78.5 Å². The molecule has 2 N–H and O–H groups in total. The molecule has 31 heavy (non-hydrogen) atoms. The summed E-state index contributed by atoms with van der Waals surface area (Å²) >= 11 is 1.67. The molecule has 7 heteroatoms. The molecule has 2 atom stereocenters. The van der Waals surface area contributed by atoms with Gasteiger partial charge in [-0.2, -0.15) is 0 Å². The number of carbonyl (C=O) groups excluding carboxylic acids is 3. The molecule has 164 valence electrons. The molecular weight excluding hydrogens is 410 g/mol. The summed E-state index contributed by atoms with van der Waals surface area (Å²) in [6, 6.07) is 9.43. The zero-order chi connectivity index (χ0) is 21.2. The molecule has 7 rings (SSSR count). The predicted octanol–water partition coefficient (Wildman–Crippen LogP) is 2.94. The quantitative estimate of drug-likeness (QED) is 0.710. The normalized spacial score (nSPS) is 40.1. The molecule has 4 saturated carbocycles. The van der Waals surface area contributed by atoms with Gasteiger partial charge in [0.1, 0.15) is 10.9 Å². The molecule has 0 radical (unpaired) electrons. The second-order valence-corrected chi connectivity index (χ2v) is 11.7. The summed E-state index contributed by atoms with van der Waals surface area (Å²) < 4.78 is 0. The van der Waals surface area contributed by atoms with Gasteiger partial charge >= 0.3 is 0 Å². The van der Waals surface area contributed by atoms with Crippen molar-refractivity contribution in [2.75, 3.05) is 5.75 Å². The molecule has 0 aromatic heterocycles. The highest BCUT2D eigenvalue weighted by Crippen LogP contribution is 2.60. The lowest BCUT2D eigenvalue weighted by Crippen LogP contribution is -2.59. The lowest BCUT2D eigenvalue weighted by atomic mass is 9.49. The number of fused-ring (bicyclic) bond motifs is 1. The van der Waals surface area contributed by atoms with Crippen LogP contribution in [0.1, 0.15) is 56.9 Å². The van der Waals surface area contributed by atoms with Crippen LogP contribution >= 0.6 is 11.8 Å². The van der Waals surface area contributed by atoms with Gasteiger partial charge in [-0.25, -0.2) is 0 Å². The molecular formula is C24H29N3O3S. The SMILES string of the molecule is O=C(NNC(=O)C12CC3CC(CC(C3)C1)C2)[C@@H]1CS[C@]2(c3ccccc3)CCC(=O)N12. The van der Waals surface area contributed by atoms with Crippen molar-refractivity contribution in [2.24, 2.45) is 23.2 Å². The average Bonchev–Trinajstić information content (AvgIpc) is 3.31. The summed E-state index contributed by atoms with van der Waals surface area (Å²) in [5.74, 6) is 2.28. The Labute approximate surface area is 186 Å². The molecule has 1 aromatic carbocycles. The second kappa shape index (κ2) is 6.99. The van der Waals surface area contributed by atoms with E-state index in [1.807, 2.05) is 30.3 Å². The molecule has 0 unspecified atom stereocenters. The van der Waals surface area contributed by atoms with E-state index in [1.54, 1.807) is 16.7 Å². The minimum absolute atomic E-state index is 0.0152. The number of nitrogens with one attached hydrogen (secondary N) is 2. The van der Waals surface area contributed by atoms with Crippen LogP contribution in [0.3, 0.4) is 0 Å². The Morgan fingerprint density at radius 2 is 1.61 bits per heavy atom. The zero-order valence-corrected chi connectivity index (χ0v) is 18.5. The summed E-state index contributed by atoms with van der Waals surface area (Å²) in [4.78, 5) is 40.3. The third kappa shape index (κ3) is 2.95. The van der Waals surface area contributed by atoms with E-state index in [2.05, 4.69) is 10.9 Å². The summed E-state index contributed by atoms with van der Waals surface area (Å²) in [5, 5.41) is 0. The van der Waals surface area contributed by atoms with Crippen LogP contribution in [0.2, 0.25) is 0 Å². The van der Waals surface area contributed by atoms with E-state index >= 15 is 0 Å². The van der Waals surface area contributed by atoms with Gasteiger partial charge in [0.25, 0.3) is 5.91 Å². The molecule has 0 spiro atoms. The van der Waals surface area contributed by atoms with E-state index in [0.717, 1.165) is 24.8 Å². The van der Waals surface area contributed by atoms with Crippen molar-refractivity contribution in [3.05, 3.63) is 35.9 Å². The average molecular weight is 440 g/mol. The number of nitrogens with zero attached hydrogens (tertiary/aromatic N) is 1. The number of benzene rings is 1. The van der Waals surface area contributed by atoms with E-state index in [4.69, 9.17) is 0 Å². The fourth-order valence-electron chi connectivity index (χ4n) is 7.56. The molecule has 1 aromatic rings. The van der Waals surface area contributed by atoms with Crippen LogP contribution in [-0.2, 0) is 19.3 Å². The number of hydrogen-bond acceptors (Lipinski definition) is 4. The van der Waals surface area contributed by atoms with Crippen molar-refractivity contribution in [1.82, 2.24) is 15.8 Å². The van der Waals surface area contributed by atoms with Crippen LogP contribution < -0.4 is 10.9 Å². The van der Waals surface area contributed by atoms with Gasteiger partial charge in [-0.05, 0) is 68.3 Å². The van der Waals surface area contributed by atoms with Gasteiger partial charge in [-0.1, -0.05) is 30.3 Å². The first kappa shape index (κ1) is 19.6. The third-order valence-corrected chi connectivity index (χ3v) is 10.1. The van der Waals surface area contributed by atoms with Crippen LogP contribution in [0.25, 0.3) is 0 Å². The van der Waals surface area contributed by atoms with Gasteiger partial charge in [0, 0.05) is 12.2 Å². The fourth-order valence-corrected chi connectivity index (χ4v) is 9.21. The smallest absolute Gasteiger partial charge is 0.262 e. The Morgan fingerprint density at radius 1 is 0.968 bits per heavy atom. The minimum Gasteiger partial charge on any atom is -0.311 e. The molecule has 4 bridgehead atoms. The first-order chi connectivity index (χ1) is 15.0. The van der Waals surface area contributed by atoms with Crippen molar-refractivity contribution < 1.29 is 14.4 Å². The zero-order valence-electron chi connectivity index (χ0n) is 17.6. The van der Waals surface area contributed by atoms with Gasteiger partial charge in [-0.3, -0.25) is 25.2 Å². The Hall–Kier alpha value is -2.02. The summed E-state index contributed by atoms with van der Waals surface area (Å²) in [6.45, 7) is 0. The van der Waals surface area contributed by atoms with Gasteiger partial charge in [-0.15, -0.1) is 11.8 Å². The fraction of sp³-hybridized carbons (Fsp3) is 0.625. The van der Waals surface area contributed by atoms with Crippen LogP contribution in [-0.4, -0.2) is 34.4 Å². The Bertz CT molecular complexity index is 900. The summed E-state index contributed by atoms with van der Waals surface area (Å²) in [5.41, 5.74) is 6.25. The standard InChI is InChI=1S/C24H29N3O3S/c28-20-6-7-24(18-4-2-1-3-5-18)27(20)19(14-31-24)21(29)25-26-22(30)23-11-15-8-16(12-23)10-17(9-15)13-23/h1-5,15-17,19H,6-14H2,(H,25,29)(H,26,30)/t15?,16?,17?,19-,23?,24-/m0/s1. The van der Waals surface area contributed by atoms with E-state index in [1.165, 1.54) is 19.3 Å². The maximum atomic E-state index is 13.2. The third-order valence-electron chi connectivity index (χ3n) is 8.47. The molecule has 4 aliphatic carbocycles. The maximum Gasteiger partial charge on any atom is 0.262 e. The lowest BCUT2D eigenvalue weighted by molar-refractivity contribution is -0.149. The highest BCUT2D eigenvalue weighted by molar-refractivity contribution is 8.00. The van der Waals surface area contributed by atoms with E-state index in [9.17, 15) is 14.4 Å². The number of carbonyl (C=O) groups is 3. The maximum absolute atomic E-state index is 13.2. The molecule has 2 heterocycles. The van der Waals surface area contributed by atoms with Gasteiger partial charge in [0.05, 0.1) is 5.41 Å². The monoisotopic (exact) mass is 439 g/mol. The number of hydrogen-bond donors (Lipinski definition) is 2. The van der Waals surface area contributed by atoms with Crippen LogP contribution in [0.15, 0.2) is 30.3 Å². The Morgan fingerprint density at radius 3 is 2.26 bits per heavy atom. The summed E-state index contributed by atoms with van der Waals surface area (Å²) in [7, 11) is 0. The van der Waals surface area contributed by atoms with Gasteiger partial charge < -0.3 is 4.90 Å². The number of thioether (sulfide) groups is 1. The van der Waals surface area contributed by atoms with Crippen molar-refractivity contribution >= 4 is 29.5 Å². The first-order valence-electron chi connectivity index (χ1n) is 11.6. The molecule has 6 fully saturated rings. The van der Waals surface area contributed by atoms with Crippen molar-refractivity contribution in [2.45, 2.75) is 62.3 Å². The molecule has 3 amide bonds. The van der Waals surface area contributed by atoms with E-state index in [0.29, 0.717) is 36.3 Å². The minimum atomic E-state index is -0.558.